The lowest BCUT2D eigenvalue weighted by Gasteiger charge is -2.22. The third-order valence-corrected chi connectivity index (χ3v) is 7.04. The van der Waals surface area contributed by atoms with E-state index in [1.165, 1.54) is 6.42 Å². The fraction of sp³-hybridized carbons (Fsp3) is 0.714. The zero-order valence-electron chi connectivity index (χ0n) is 17.5. The second-order valence-electron chi connectivity index (χ2n) is 8.32. The van der Waals surface area contributed by atoms with Gasteiger partial charge in [0.1, 0.15) is 12.4 Å². The first-order chi connectivity index (χ1) is 13.3. The maximum Gasteiger partial charge on any atom is 0.216 e. The first kappa shape index (κ1) is 23.0. The van der Waals surface area contributed by atoms with Gasteiger partial charge < -0.3 is 14.8 Å². The maximum atomic E-state index is 11.9. The van der Waals surface area contributed by atoms with Crippen LogP contribution in [0, 0.1) is 0 Å². The zero-order chi connectivity index (χ0) is 20.5. The number of nitrogens with one attached hydrogen (secondary N) is 2. The van der Waals surface area contributed by atoms with Crippen LogP contribution in [0.15, 0.2) is 24.3 Å². The van der Waals surface area contributed by atoms with Gasteiger partial charge in [-0.3, -0.25) is 0 Å². The normalized spacial score (nSPS) is 18.0. The minimum atomic E-state index is -3.24. The minimum Gasteiger partial charge on any atom is -0.491 e. The zero-order valence-corrected chi connectivity index (χ0v) is 18.3. The third-order valence-electron chi connectivity index (χ3n) is 4.85. The molecule has 160 valence electrons. The summed E-state index contributed by atoms with van der Waals surface area (Å²) in [4.78, 5) is 0. The largest absolute Gasteiger partial charge is 0.491 e. The van der Waals surface area contributed by atoms with Crippen LogP contribution < -0.4 is 14.8 Å². The number of benzene rings is 1. The van der Waals surface area contributed by atoms with E-state index >= 15 is 0 Å². The van der Waals surface area contributed by atoms with Crippen LogP contribution in [0.4, 0.5) is 5.69 Å². The summed E-state index contributed by atoms with van der Waals surface area (Å²) in [6, 6.07) is 8.00. The Labute approximate surface area is 170 Å². The van der Waals surface area contributed by atoms with Crippen LogP contribution in [-0.4, -0.2) is 45.6 Å². The standard InChI is InChI=1S/C21H36N2O4S/c1-21(2,3)28(24,25)23-15-7-4-6-14-22-18-10-12-19(13-11-18)27-17-20-9-5-8-16-26-20/h10-13,20,22-23H,4-9,14-17H2,1-3H3. The Morgan fingerprint density at radius 3 is 2.43 bits per heavy atom. The fourth-order valence-corrected chi connectivity index (χ4v) is 3.73. The molecule has 2 N–H and O–H groups in total. The van der Waals surface area contributed by atoms with E-state index in [0.29, 0.717) is 13.2 Å². The van der Waals surface area contributed by atoms with Crippen LogP contribution in [-0.2, 0) is 14.8 Å². The van der Waals surface area contributed by atoms with E-state index in [-0.39, 0.29) is 6.10 Å². The molecule has 0 bridgehead atoms. The second kappa shape index (κ2) is 11.0. The number of anilines is 1. The highest BCUT2D eigenvalue weighted by molar-refractivity contribution is 7.90. The number of rotatable bonds is 11. The average Bonchev–Trinajstić information content (AvgIpc) is 2.66. The van der Waals surface area contributed by atoms with E-state index in [9.17, 15) is 8.42 Å². The molecule has 1 unspecified atom stereocenters. The summed E-state index contributed by atoms with van der Waals surface area (Å²) in [5, 5.41) is 3.39. The van der Waals surface area contributed by atoms with E-state index in [2.05, 4.69) is 10.0 Å². The molecule has 6 nitrogen and oxygen atoms in total. The van der Waals surface area contributed by atoms with Crippen molar-refractivity contribution in [1.29, 1.82) is 0 Å². The lowest BCUT2D eigenvalue weighted by atomic mass is 10.1. The molecule has 0 aliphatic carbocycles. The van der Waals surface area contributed by atoms with Crippen LogP contribution in [0.25, 0.3) is 0 Å². The minimum absolute atomic E-state index is 0.222. The Hall–Kier alpha value is -1.31. The predicted octanol–water partition coefficient (Wildman–Crippen LogP) is 3.93. The summed E-state index contributed by atoms with van der Waals surface area (Å²) in [5.74, 6) is 0.867. The molecule has 0 aromatic heterocycles. The van der Waals surface area contributed by atoms with Gasteiger partial charge in [-0.2, -0.15) is 0 Å². The number of hydrogen-bond acceptors (Lipinski definition) is 5. The molecule has 0 radical (unpaired) electrons. The number of sulfonamides is 1. The van der Waals surface area contributed by atoms with Crippen molar-refractivity contribution in [3.63, 3.8) is 0 Å². The molecule has 1 heterocycles. The molecule has 0 saturated carbocycles. The smallest absolute Gasteiger partial charge is 0.216 e. The van der Waals surface area contributed by atoms with Crippen molar-refractivity contribution in [2.24, 2.45) is 0 Å². The predicted molar refractivity (Wildman–Crippen MR) is 115 cm³/mol. The molecule has 1 fully saturated rings. The molecule has 1 aromatic rings. The summed E-state index contributed by atoms with van der Waals surface area (Å²) >= 11 is 0. The van der Waals surface area contributed by atoms with Crippen LogP contribution in [0.1, 0.15) is 59.3 Å². The monoisotopic (exact) mass is 412 g/mol. The number of ether oxygens (including phenoxy) is 2. The van der Waals surface area contributed by atoms with Gasteiger partial charge in [-0.25, -0.2) is 13.1 Å². The van der Waals surface area contributed by atoms with Crippen LogP contribution in [0.3, 0.4) is 0 Å². The Bertz CT molecular complexity index is 663. The summed E-state index contributed by atoms with van der Waals surface area (Å²) < 4.78 is 37.3. The summed E-state index contributed by atoms with van der Waals surface area (Å²) in [7, 11) is -3.24. The molecule has 28 heavy (non-hydrogen) atoms. The molecule has 1 aliphatic heterocycles. The molecule has 1 atom stereocenters. The third kappa shape index (κ3) is 7.97. The van der Waals surface area contributed by atoms with Gasteiger partial charge >= 0.3 is 0 Å². The van der Waals surface area contributed by atoms with E-state index in [1.54, 1.807) is 20.8 Å². The lowest BCUT2D eigenvalue weighted by molar-refractivity contribution is -0.0110. The van der Waals surface area contributed by atoms with Gasteiger partial charge in [0, 0.05) is 25.4 Å². The molecule has 1 aromatic carbocycles. The van der Waals surface area contributed by atoms with Crippen LogP contribution in [0.2, 0.25) is 0 Å². The van der Waals surface area contributed by atoms with Gasteiger partial charge in [0.05, 0.1) is 10.9 Å². The first-order valence-electron chi connectivity index (χ1n) is 10.4. The van der Waals surface area contributed by atoms with Crippen molar-refractivity contribution in [2.45, 2.75) is 70.1 Å². The fourth-order valence-electron chi connectivity index (χ4n) is 2.88. The Kier molecular flexibility index (Phi) is 9.05. The highest BCUT2D eigenvalue weighted by atomic mass is 32.2. The van der Waals surface area contributed by atoms with Crippen molar-refractivity contribution in [3.05, 3.63) is 24.3 Å². The average molecular weight is 413 g/mol. The summed E-state index contributed by atoms with van der Waals surface area (Å²) in [6.07, 6.45) is 6.49. The van der Waals surface area contributed by atoms with Crippen molar-refractivity contribution in [2.75, 3.05) is 31.6 Å². The van der Waals surface area contributed by atoms with Gasteiger partial charge in [0.2, 0.25) is 10.0 Å². The number of hydrogen-bond donors (Lipinski definition) is 2. The molecule has 1 saturated heterocycles. The van der Waals surface area contributed by atoms with Gasteiger partial charge in [0.15, 0.2) is 0 Å². The summed E-state index contributed by atoms with van der Waals surface area (Å²) in [6.45, 7) is 7.95. The van der Waals surface area contributed by atoms with Crippen LogP contribution >= 0.6 is 0 Å². The van der Waals surface area contributed by atoms with E-state index in [0.717, 1.165) is 56.7 Å². The second-order valence-corrected chi connectivity index (χ2v) is 10.8. The lowest BCUT2D eigenvalue weighted by Crippen LogP contribution is -2.39. The van der Waals surface area contributed by atoms with Gasteiger partial charge in [-0.05, 0) is 77.1 Å². The Morgan fingerprint density at radius 2 is 1.79 bits per heavy atom. The SMILES string of the molecule is CC(C)(C)S(=O)(=O)NCCCCCNc1ccc(OCC2CCCCO2)cc1. The van der Waals surface area contributed by atoms with E-state index < -0.39 is 14.8 Å². The van der Waals surface area contributed by atoms with Crippen molar-refractivity contribution < 1.29 is 17.9 Å². The maximum absolute atomic E-state index is 11.9. The topological polar surface area (TPSA) is 76.7 Å². The molecular weight excluding hydrogens is 376 g/mol. The highest BCUT2D eigenvalue weighted by Gasteiger charge is 2.27. The Morgan fingerprint density at radius 1 is 1.07 bits per heavy atom. The van der Waals surface area contributed by atoms with Gasteiger partial charge in [0.25, 0.3) is 0 Å². The van der Waals surface area contributed by atoms with Crippen molar-refractivity contribution >= 4 is 15.7 Å². The van der Waals surface area contributed by atoms with Crippen molar-refractivity contribution in [3.8, 4) is 5.75 Å². The molecule has 0 spiro atoms. The molecule has 0 amide bonds. The molecular formula is C21H36N2O4S. The molecule has 2 rings (SSSR count). The van der Waals surface area contributed by atoms with E-state index in [4.69, 9.17) is 9.47 Å². The first-order valence-corrected chi connectivity index (χ1v) is 11.8. The van der Waals surface area contributed by atoms with E-state index in [1.807, 2.05) is 24.3 Å². The number of unbranched alkanes of at least 4 members (excludes halogenated alkanes) is 2. The quantitative estimate of drug-likeness (QED) is 0.539. The summed E-state index contributed by atoms with van der Waals surface area (Å²) in [5.41, 5.74) is 1.06. The van der Waals surface area contributed by atoms with Gasteiger partial charge in [-0.15, -0.1) is 0 Å². The van der Waals surface area contributed by atoms with Crippen molar-refractivity contribution in [1.82, 2.24) is 4.72 Å². The Balaban J connectivity index is 1.55. The van der Waals surface area contributed by atoms with Crippen LogP contribution in [0.5, 0.6) is 5.75 Å². The highest BCUT2D eigenvalue weighted by Crippen LogP contribution is 2.18. The molecule has 7 heteroatoms. The van der Waals surface area contributed by atoms with Gasteiger partial charge in [-0.1, -0.05) is 6.42 Å². The molecule has 1 aliphatic rings.